The summed E-state index contributed by atoms with van der Waals surface area (Å²) in [4.78, 5) is 16.2. The number of nitrogen functional groups attached to an aromatic ring is 1. The highest BCUT2D eigenvalue weighted by atomic mass is 16.6. The van der Waals surface area contributed by atoms with Crippen molar-refractivity contribution in [3.63, 3.8) is 0 Å². The molecule has 1 fully saturated rings. The molecule has 1 aromatic rings. The second-order valence-corrected chi connectivity index (χ2v) is 7.84. The van der Waals surface area contributed by atoms with Gasteiger partial charge in [-0.3, -0.25) is 0 Å². The number of hydrogen-bond acceptors (Lipinski definition) is 5. The normalized spacial score (nSPS) is 19.7. The molecule has 1 amide bonds. The third-order valence-electron chi connectivity index (χ3n) is 4.57. The Morgan fingerprint density at radius 1 is 1.29 bits per heavy atom. The minimum absolute atomic E-state index is 0.244. The van der Waals surface area contributed by atoms with Gasteiger partial charge in [-0.1, -0.05) is 0 Å². The van der Waals surface area contributed by atoms with Crippen LogP contribution in [0.5, 0.6) is 5.75 Å². The van der Waals surface area contributed by atoms with Crippen molar-refractivity contribution in [2.45, 2.75) is 44.8 Å². The number of hydrogen-bond donors (Lipinski definition) is 1. The van der Waals surface area contributed by atoms with Crippen LogP contribution in [0.4, 0.5) is 16.2 Å². The van der Waals surface area contributed by atoms with E-state index in [0.29, 0.717) is 18.8 Å². The number of ether oxygens (including phenoxy) is 2. The Morgan fingerprint density at radius 3 is 2.58 bits per heavy atom. The number of fused-ring (bicyclic) bond motifs is 1. The molecule has 0 unspecified atom stereocenters. The fraction of sp³-hybridized carbons (Fsp3) is 0.611. The van der Waals surface area contributed by atoms with E-state index in [9.17, 15) is 4.79 Å². The minimum atomic E-state index is -0.468. The average Bonchev–Trinajstić information content (AvgIpc) is 2.45. The van der Waals surface area contributed by atoms with E-state index in [2.05, 4.69) is 11.9 Å². The molecule has 6 heteroatoms. The number of rotatable bonds is 0. The van der Waals surface area contributed by atoms with Crippen LogP contribution < -0.4 is 15.4 Å². The van der Waals surface area contributed by atoms with Crippen LogP contribution in [0.15, 0.2) is 18.2 Å². The van der Waals surface area contributed by atoms with Crippen molar-refractivity contribution in [2.24, 2.45) is 0 Å². The van der Waals surface area contributed by atoms with Crippen LogP contribution in [-0.4, -0.2) is 48.9 Å². The number of likely N-dealkylation sites (tertiary alicyclic amines) is 1. The first kappa shape index (κ1) is 16.7. The van der Waals surface area contributed by atoms with Crippen LogP contribution in [0.3, 0.4) is 0 Å². The number of amides is 1. The molecule has 0 aromatic heterocycles. The van der Waals surface area contributed by atoms with Crippen molar-refractivity contribution >= 4 is 17.5 Å². The molecule has 2 aliphatic heterocycles. The number of carbonyl (C=O) groups is 1. The Morgan fingerprint density at radius 2 is 1.96 bits per heavy atom. The number of carbonyl (C=O) groups excluding carboxylic acids is 1. The second-order valence-electron chi connectivity index (χ2n) is 7.84. The Bertz CT molecular complexity index is 631. The van der Waals surface area contributed by atoms with Crippen molar-refractivity contribution in [1.29, 1.82) is 0 Å². The average molecular weight is 333 g/mol. The first-order chi connectivity index (χ1) is 11.2. The maximum absolute atomic E-state index is 12.2. The second kappa shape index (κ2) is 5.76. The molecule has 2 aliphatic rings. The fourth-order valence-electron chi connectivity index (χ4n) is 3.39. The molecule has 3 rings (SSSR count). The zero-order valence-electron chi connectivity index (χ0n) is 15.0. The van der Waals surface area contributed by atoms with Gasteiger partial charge in [0, 0.05) is 44.7 Å². The molecule has 6 nitrogen and oxygen atoms in total. The van der Waals surface area contributed by atoms with Crippen molar-refractivity contribution < 1.29 is 14.3 Å². The summed E-state index contributed by atoms with van der Waals surface area (Å²) in [6.45, 7) is 7.75. The van der Waals surface area contributed by atoms with Crippen molar-refractivity contribution in [2.75, 3.05) is 37.3 Å². The molecule has 0 bridgehead atoms. The largest absolute Gasteiger partial charge is 0.483 e. The van der Waals surface area contributed by atoms with Gasteiger partial charge >= 0.3 is 6.09 Å². The minimum Gasteiger partial charge on any atom is -0.483 e. The van der Waals surface area contributed by atoms with Crippen LogP contribution in [0.25, 0.3) is 0 Å². The molecule has 24 heavy (non-hydrogen) atoms. The molecule has 0 radical (unpaired) electrons. The molecule has 0 saturated carbocycles. The Kier molecular flexibility index (Phi) is 4.01. The van der Waals surface area contributed by atoms with E-state index in [4.69, 9.17) is 15.2 Å². The summed E-state index contributed by atoms with van der Waals surface area (Å²) in [5.74, 6) is 0.828. The molecule has 0 atom stereocenters. The Hall–Kier alpha value is -2.11. The first-order valence-corrected chi connectivity index (χ1v) is 8.45. The Labute approximate surface area is 143 Å². The molecule has 1 saturated heterocycles. The summed E-state index contributed by atoms with van der Waals surface area (Å²) in [5, 5.41) is 0. The predicted molar refractivity (Wildman–Crippen MR) is 94.5 cm³/mol. The summed E-state index contributed by atoms with van der Waals surface area (Å²) in [7, 11) is 2.07. The van der Waals surface area contributed by atoms with Crippen molar-refractivity contribution in [3.8, 4) is 5.75 Å². The van der Waals surface area contributed by atoms with E-state index in [1.807, 2.05) is 39.0 Å². The van der Waals surface area contributed by atoms with E-state index in [-0.39, 0.29) is 11.7 Å². The molecule has 0 aliphatic carbocycles. The van der Waals surface area contributed by atoms with Gasteiger partial charge in [0.25, 0.3) is 0 Å². The van der Waals surface area contributed by atoms with E-state index in [1.165, 1.54) is 0 Å². The lowest BCUT2D eigenvalue weighted by atomic mass is 9.89. The van der Waals surface area contributed by atoms with Gasteiger partial charge in [-0.15, -0.1) is 0 Å². The van der Waals surface area contributed by atoms with E-state index in [0.717, 1.165) is 30.8 Å². The van der Waals surface area contributed by atoms with Crippen molar-refractivity contribution in [1.82, 2.24) is 4.90 Å². The highest BCUT2D eigenvalue weighted by Gasteiger charge is 2.43. The highest BCUT2D eigenvalue weighted by molar-refractivity contribution is 5.68. The maximum atomic E-state index is 12.2. The highest BCUT2D eigenvalue weighted by Crippen LogP contribution is 2.41. The van der Waals surface area contributed by atoms with Gasteiger partial charge < -0.3 is 25.0 Å². The standard InChI is InChI=1S/C18H27N3O3/c1-17(2,3)24-16(22)21-9-7-18(8-10-21)12-20(4)14-6-5-13(19)11-15(14)23-18/h5-6,11H,7-10,12,19H2,1-4H3. The summed E-state index contributed by atoms with van der Waals surface area (Å²) in [6.07, 6.45) is 1.32. The number of likely N-dealkylation sites (N-methyl/N-ethyl adjacent to an activating group) is 1. The zero-order chi connectivity index (χ0) is 17.5. The van der Waals surface area contributed by atoms with Crippen LogP contribution in [0.2, 0.25) is 0 Å². The van der Waals surface area contributed by atoms with Gasteiger partial charge in [-0.05, 0) is 32.9 Å². The summed E-state index contributed by atoms with van der Waals surface area (Å²) >= 11 is 0. The van der Waals surface area contributed by atoms with Gasteiger partial charge in [0.05, 0.1) is 12.2 Å². The quantitative estimate of drug-likeness (QED) is 0.740. The molecule has 1 spiro atoms. The number of piperidine rings is 1. The predicted octanol–water partition coefficient (Wildman–Crippen LogP) is 2.87. The molecule has 132 valence electrons. The number of nitrogens with zero attached hydrogens (tertiary/aromatic N) is 2. The van der Waals surface area contributed by atoms with Crippen LogP contribution >= 0.6 is 0 Å². The maximum Gasteiger partial charge on any atom is 0.410 e. The summed E-state index contributed by atoms with van der Waals surface area (Å²) < 4.78 is 11.8. The number of anilines is 2. The molecule has 1 aromatic carbocycles. The lowest BCUT2D eigenvalue weighted by molar-refractivity contribution is -0.0173. The lowest BCUT2D eigenvalue weighted by Crippen LogP contribution is -2.57. The van der Waals surface area contributed by atoms with Crippen molar-refractivity contribution in [3.05, 3.63) is 18.2 Å². The summed E-state index contributed by atoms with van der Waals surface area (Å²) in [6, 6.07) is 5.77. The Balaban J connectivity index is 1.69. The SMILES string of the molecule is CN1CC2(CCN(C(=O)OC(C)(C)C)CC2)Oc2cc(N)ccc21. The number of nitrogens with two attached hydrogens (primary N) is 1. The topological polar surface area (TPSA) is 68.0 Å². The third-order valence-corrected chi connectivity index (χ3v) is 4.57. The van der Waals surface area contributed by atoms with Gasteiger partial charge in [0.15, 0.2) is 0 Å². The lowest BCUT2D eigenvalue weighted by Gasteiger charge is -2.47. The molecule has 2 heterocycles. The summed E-state index contributed by atoms with van der Waals surface area (Å²) in [5.41, 5.74) is 6.92. The fourth-order valence-corrected chi connectivity index (χ4v) is 3.39. The van der Waals surface area contributed by atoms with E-state index in [1.54, 1.807) is 4.90 Å². The molecule has 2 N–H and O–H groups in total. The first-order valence-electron chi connectivity index (χ1n) is 8.45. The monoisotopic (exact) mass is 333 g/mol. The van der Waals surface area contributed by atoms with Gasteiger partial charge in [-0.2, -0.15) is 0 Å². The number of benzene rings is 1. The zero-order valence-corrected chi connectivity index (χ0v) is 15.0. The molecular weight excluding hydrogens is 306 g/mol. The smallest absolute Gasteiger partial charge is 0.410 e. The van der Waals surface area contributed by atoms with E-state index < -0.39 is 5.60 Å². The van der Waals surface area contributed by atoms with Gasteiger partial charge in [0.2, 0.25) is 0 Å². The van der Waals surface area contributed by atoms with Crippen LogP contribution in [-0.2, 0) is 4.74 Å². The van der Waals surface area contributed by atoms with Gasteiger partial charge in [0.1, 0.15) is 17.0 Å². The molecular formula is C18H27N3O3. The van der Waals surface area contributed by atoms with Crippen LogP contribution in [0, 0.1) is 0 Å². The third kappa shape index (κ3) is 3.37. The van der Waals surface area contributed by atoms with E-state index >= 15 is 0 Å². The van der Waals surface area contributed by atoms with Gasteiger partial charge in [-0.25, -0.2) is 4.79 Å². The van der Waals surface area contributed by atoms with Crippen LogP contribution in [0.1, 0.15) is 33.6 Å².